The molecule has 1 aliphatic heterocycles. The first-order valence-corrected chi connectivity index (χ1v) is 11.8. The Labute approximate surface area is 207 Å². The van der Waals surface area contributed by atoms with E-state index in [-0.39, 0.29) is 6.04 Å². The summed E-state index contributed by atoms with van der Waals surface area (Å²) in [6, 6.07) is 23.0. The molecule has 0 bridgehead atoms. The van der Waals surface area contributed by atoms with Crippen LogP contribution < -0.4 is 20.1 Å². The lowest BCUT2D eigenvalue weighted by molar-refractivity contribution is -0.254. The average molecular weight is 467 g/mol. The van der Waals surface area contributed by atoms with Crippen LogP contribution in [0.15, 0.2) is 96.3 Å². The minimum atomic E-state index is 0.184. The van der Waals surface area contributed by atoms with E-state index < -0.39 is 0 Å². The van der Waals surface area contributed by atoms with E-state index in [0.717, 1.165) is 50.9 Å². The second-order valence-corrected chi connectivity index (χ2v) is 9.40. The zero-order valence-electron chi connectivity index (χ0n) is 20.8. The molecule has 5 nitrogen and oxygen atoms in total. The van der Waals surface area contributed by atoms with E-state index in [4.69, 9.17) is 9.47 Å². The van der Waals surface area contributed by atoms with Gasteiger partial charge in [0.15, 0.2) is 0 Å². The summed E-state index contributed by atoms with van der Waals surface area (Å²) in [6.45, 7) is 0.471. The van der Waals surface area contributed by atoms with Crippen LogP contribution in [0.1, 0.15) is 16.7 Å². The first kappa shape index (κ1) is 23.0. The summed E-state index contributed by atoms with van der Waals surface area (Å²) in [5.41, 5.74) is 11.7. The maximum Gasteiger partial charge on any atom is 0.137 e. The molecule has 3 aromatic rings. The summed E-state index contributed by atoms with van der Waals surface area (Å²) in [5.74, 6) is 2.60. The van der Waals surface area contributed by atoms with Crippen LogP contribution in [0.2, 0.25) is 0 Å². The summed E-state index contributed by atoms with van der Waals surface area (Å²) in [4.78, 5) is 4.27. The largest absolute Gasteiger partial charge is 0.489 e. The van der Waals surface area contributed by atoms with Gasteiger partial charge >= 0.3 is 0 Å². The highest BCUT2D eigenvalue weighted by Gasteiger charge is 2.29. The first-order valence-electron chi connectivity index (χ1n) is 11.8. The molecule has 1 unspecified atom stereocenters. The van der Waals surface area contributed by atoms with Crippen molar-refractivity contribution in [2.45, 2.75) is 12.6 Å². The third-order valence-corrected chi connectivity index (χ3v) is 6.49. The first-order chi connectivity index (χ1) is 16.9. The van der Waals surface area contributed by atoms with Gasteiger partial charge in [0.2, 0.25) is 0 Å². The molecule has 5 heteroatoms. The van der Waals surface area contributed by atoms with Gasteiger partial charge in [0, 0.05) is 60.7 Å². The molecule has 3 aromatic carbocycles. The summed E-state index contributed by atoms with van der Waals surface area (Å²) in [7, 11) is 8.25. The van der Waals surface area contributed by atoms with Crippen molar-refractivity contribution in [1.82, 2.24) is 4.90 Å². The third-order valence-electron chi connectivity index (χ3n) is 6.49. The SMILES string of the molecule is CN(C)c1ccc2c(c1)OC1=CC(N(C)C)C=CC1=C2c1ccccc1COc1ccc([NH3+])cc1. The minimum absolute atomic E-state index is 0.184. The van der Waals surface area contributed by atoms with Crippen molar-refractivity contribution < 1.29 is 15.2 Å². The summed E-state index contributed by atoms with van der Waals surface area (Å²) in [5, 5.41) is 0. The number of hydrogen-bond donors (Lipinski definition) is 1. The Morgan fingerprint density at radius 1 is 0.914 bits per heavy atom. The number of fused-ring (bicyclic) bond motifs is 2. The summed E-state index contributed by atoms with van der Waals surface area (Å²) >= 11 is 0. The van der Waals surface area contributed by atoms with Gasteiger partial charge in [-0.25, -0.2) is 0 Å². The van der Waals surface area contributed by atoms with Crippen molar-refractivity contribution in [2.75, 3.05) is 33.1 Å². The van der Waals surface area contributed by atoms with Crippen LogP contribution in [-0.2, 0) is 6.61 Å². The molecule has 1 heterocycles. The zero-order chi connectivity index (χ0) is 24.5. The predicted octanol–water partition coefficient (Wildman–Crippen LogP) is 4.78. The molecule has 0 saturated heterocycles. The predicted molar refractivity (Wildman–Crippen MR) is 142 cm³/mol. The molecule has 5 rings (SSSR count). The van der Waals surface area contributed by atoms with Crippen LogP contribution in [0, 0.1) is 0 Å². The van der Waals surface area contributed by atoms with Crippen molar-refractivity contribution in [3.63, 3.8) is 0 Å². The molecule has 1 aliphatic carbocycles. The molecule has 0 aromatic heterocycles. The van der Waals surface area contributed by atoms with E-state index in [1.807, 2.05) is 38.4 Å². The molecular weight excluding hydrogens is 434 g/mol. The number of rotatable bonds is 6. The fourth-order valence-electron chi connectivity index (χ4n) is 4.46. The summed E-state index contributed by atoms with van der Waals surface area (Å²) < 4.78 is 12.7. The molecule has 0 saturated carbocycles. The Hall–Kier alpha value is -3.80. The Balaban J connectivity index is 1.61. The fourth-order valence-corrected chi connectivity index (χ4v) is 4.46. The van der Waals surface area contributed by atoms with Gasteiger partial charge in [-0.05, 0) is 55.6 Å². The number of anilines is 1. The van der Waals surface area contributed by atoms with Gasteiger partial charge in [-0.15, -0.1) is 0 Å². The monoisotopic (exact) mass is 466 g/mol. The minimum Gasteiger partial charge on any atom is -0.489 e. The molecule has 0 spiro atoms. The molecule has 0 fully saturated rings. The number of benzene rings is 3. The van der Waals surface area contributed by atoms with Gasteiger partial charge in [0.25, 0.3) is 0 Å². The lowest BCUT2D eigenvalue weighted by Gasteiger charge is -2.31. The van der Waals surface area contributed by atoms with E-state index in [9.17, 15) is 0 Å². The lowest BCUT2D eigenvalue weighted by Crippen LogP contribution is -2.39. The zero-order valence-corrected chi connectivity index (χ0v) is 20.8. The lowest BCUT2D eigenvalue weighted by atomic mass is 9.85. The van der Waals surface area contributed by atoms with Crippen LogP contribution in [0.25, 0.3) is 5.57 Å². The van der Waals surface area contributed by atoms with Gasteiger partial charge < -0.3 is 20.1 Å². The second-order valence-electron chi connectivity index (χ2n) is 9.40. The third kappa shape index (κ3) is 4.61. The normalized spacial score (nSPS) is 16.4. The summed E-state index contributed by atoms with van der Waals surface area (Å²) in [6.07, 6.45) is 6.61. The van der Waals surface area contributed by atoms with E-state index in [1.165, 1.54) is 5.57 Å². The molecule has 178 valence electrons. The second kappa shape index (κ2) is 9.45. The number of ether oxygens (including phenoxy) is 2. The van der Waals surface area contributed by atoms with Crippen molar-refractivity contribution in [3.8, 4) is 11.5 Å². The topological polar surface area (TPSA) is 52.6 Å². The Morgan fingerprint density at radius 2 is 1.69 bits per heavy atom. The van der Waals surface area contributed by atoms with E-state index in [0.29, 0.717) is 6.61 Å². The van der Waals surface area contributed by atoms with Gasteiger partial charge in [0.1, 0.15) is 29.6 Å². The van der Waals surface area contributed by atoms with E-state index in [2.05, 4.69) is 90.3 Å². The van der Waals surface area contributed by atoms with Crippen molar-refractivity contribution in [2.24, 2.45) is 0 Å². The maximum atomic E-state index is 6.50. The van der Waals surface area contributed by atoms with Gasteiger partial charge in [-0.1, -0.05) is 36.4 Å². The van der Waals surface area contributed by atoms with Crippen LogP contribution in [0.4, 0.5) is 11.4 Å². The Kier molecular flexibility index (Phi) is 6.20. The molecule has 3 N–H and O–H groups in total. The Bertz CT molecular complexity index is 1330. The molecule has 1 atom stereocenters. The Morgan fingerprint density at radius 3 is 2.43 bits per heavy atom. The standard InChI is InChI=1S/C30H31N3O2/c1-32(2)22-11-15-26-28(17-22)35-29-18-23(33(3)4)12-16-27(29)30(26)25-8-6-5-7-20(25)19-34-24-13-9-21(31)10-14-24/h5-18,22H,19,31H2,1-4H3/p+1. The van der Waals surface area contributed by atoms with E-state index >= 15 is 0 Å². The van der Waals surface area contributed by atoms with Crippen LogP contribution in [0.3, 0.4) is 0 Å². The van der Waals surface area contributed by atoms with Gasteiger partial charge in [-0.2, -0.15) is 0 Å². The van der Waals surface area contributed by atoms with Gasteiger partial charge in [-0.3, -0.25) is 4.90 Å². The van der Waals surface area contributed by atoms with Crippen LogP contribution in [0.5, 0.6) is 11.5 Å². The van der Waals surface area contributed by atoms with Crippen molar-refractivity contribution in [3.05, 3.63) is 113 Å². The highest BCUT2D eigenvalue weighted by Crippen LogP contribution is 2.45. The molecule has 2 aliphatic rings. The number of quaternary nitrogens is 1. The highest BCUT2D eigenvalue weighted by atomic mass is 16.5. The molecule has 0 radical (unpaired) electrons. The van der Waals surface area contributed by atoms with Gasteiger partial charge in [0.05, 0.1) is 0 Å². The highest BCUT2D eigenvalue weighted by molar-refractivity contribution is 5.92. The molecule has 0 amide bonds. The molecular formula is C30H32N3O2+. The maximum absolute atomic E-state index is 6.50. The average Bonchev–Trinajstić information content (AvgIpc) is 2.86. The number of hydrogen-bond acceptors (Lipinski definition) is 4. The quantitative estimate of drug-likeness (QED) is 0.568. The van der Waals surface area contributed by atoms with Crippen molar-refractivity contribution >= 4 is 16.9 Å². The number of nitrogens with zero attached hydrogens (tertiary/aromatic N) is 2. The fraction of sp³-hybridized carbons (Fsp3) is 0.200. The number of likely N-dealkylation sites (N-methyl/N-ethyl adjacent to an activating group) is 1. The molecule has 35 heavy (non-hydrogen) atoms. The van der Waals surface area contributed by atoms with Crippen LogP contribution in [-0.4, -0.2) is 39.1 Å². The van der Waals surface area contributed by atoms with E-state index in [1.54, 1.807) is 0 Å². The number of allylic oxidation sites excluding steroid dienone is 1. The van der Waals surface area contributed by atoms with Crippen LogP contribution >= 0.6 is 0 Å². The smallest absolute Gasteiger partial charge is 0.137 e. The van der Waals surface area contributed by atoms with Crippen molar-refractivity contribution in [1.29, 1.82) is 0 Å².